The number of carbonyl (C=O) groups is 2. The van der Waals surface area contributed by atoms with Gasteiger partial charge in [-0.1, -0.05) is 36.4 Å². The van der Waals surface area contributed by atoms with E-state index in [0.717, 1.165) is 23.9 Å². The van der Waals surface area contributed by atoms with Crippen molar-refractivity contribution in [1.82, 2.24) is 15.3 Å². The molecule has 0 bridgehead atoms. The second kappa shape index (κ2) is 8.17. The van der Waals surface area contributed by atoms with Crippen molar-refractivity contribution in [3.05, 3.63) is 77.5 Å². The molecule has 3 amide bonds. The van der Waals surface area contributed by atoms with Crippen molar-refractivity contribution in [3.63, 3.8) is 0 Å². The molecular formula is C21H17F3N6O2. The van der Waals surface area contributed by atoms with E-state index in [4.69, 9.17) is 5.73 Å². The van der Waals surface area contributed by atoms with Crippen molar-refractivity contribution < 1.29 is 22.8 Å². The molecule has 32 heavy (non-hydrogen) atoms. The van der Waals surface area contributed by atoms with Crippen LogP contribution in [-0.4, -0.2) is 28.5 Å². The van der Waals surface area contributed by atoms with Gasteiger partial charge in [0.15, 0.2) is 0 Å². The lowest BCUT2D eigenvalue weighted by molar-refractivity contribution is -0.137. The molecule has 1 aliphatic rings. The zero-order valence-electron chi connectivity index (χ0n) is 16.4. The lowest BCUT2D eigenvalue weighted by Gasteiger charge is -2.14. The number of urea groups is 1. The lowest BCUT2D eigenvalue weighted by Crippen LogP contribution is -2.30. The number of anilines is 3. The van der Waals surface area contributed by atoms with Crippen molar-refractivity contribution >= 4 is 29.4 Å². The van der Waals surface area contributed by atoms with E-state index in [1.807, 2.05) is 30.3 Å². The van der Waals surface area contributed by atoms with E-state index in [1.165, 1.54) is 17.0 Å². The summed E-state index contributed by atoms with van der Waals surface area (Å²) in [6.07, 6.45) is -3.41. The topological polar surface area (TPSA) is 113 Å². The number of benzene rings is 2. The minimum absolute atomic E-state index is 0.00838. The molecule has 0 radical (unpaired) electrons. The SMILES string of the molecule is Nc1nc(N2CC(c3ccccc3)NC2=O)ncc1C(=O)Nc1cccc(C(F)(F)F)c1. The molecule has 2 aromatic carbocycles. The van der Waals surface area contributed by atoms with Crippen LogP contribution in [0.25, 0.3) is 0 Å². The number of carbonyl (C=O) groups excluding carboxylic acids is 2. The third-order valence-corrected chi connectivity index (χ3v) is 4.85. The number of hydrogen-bond donors (Lipinski definition) is 3. The average molecular weight is 442 g/mol. The number of rotatable bonds is 4. The largest absolute Gasteiger partial charge is 0.416 e. The Morgan fingerprint density at radius 2 is 1.91 bits per heavy atom. The Hall–Kier alpha value is -4.15. The van der Waals surface area contributed by atoms with Gasteiger partial charge in [-0.25, -0.2) is 9.78 Å². The van der Waals surface area contributed by atoms with Crippen LogP contribution in [0.15, 0.2) is 60.8 Å². The van der Waals surface area contributed by atoms with Crippen molar-refractivity contribution in [3.8, 4) is 0 Å². The maximum absolute atomic E-state index is 12.9. The number of nitrogens with one attached hydrogen (secondary N) is 2. The summed E-state index contributed by atoms with van der Waals surface area (Å²) in [6.45, 7) is 0.262. The van der Waals surface area contributed by atoms with E-state index in [1.54, 1.807) is 0 Å². The second-order valence-corrected chi connectivity index (χ2v) is 7.02. The quantitative estimate of drug-likeness (QED) is 0.571. The van der Waals surface area contributed by atoms with E-state index in [9.17, 15) is 22.8 Å². The predicted octanol–water partition coefficient (Wildman–Crippen LogP) is 3.60. The molecule has 1 aromatic heterocycles. The highest BCUT2D eigenvalue weighted by molar-refractivity contribution is 6.07. The number of nitrogens with zero attached hydrogens (tertiary/aromatic N) is 3. The lowest BCUT2D eigenvalue weighted by atomic mass is 10.1. The third-order valence-electron chi connectivity index (χ3n) is 4.85. The maximum Gasteiger partial charge on any atom is 0.416 e. The summed E-state index contributed by atoms with van der Waals surface area (Å²) in [4.78, 5) is 34.2. The fraction of sp³-hybridized carbons (Fsp3) is 0.143. The molecule has 0 aliphatic carbocycles. The molecule has 2 heterocycles. The zero-order chi connectivity index (χ0) is 22.9. The molecule has 4 N–H and O–H groups in total. The van der Waals surface area contributed by atoms with Gasteiger partial charge in [-0.3, -0.25) is 9.69 Å². The van der Waals surface area contributed by atoms with Gasteiger partial charge in [0.2, 0.25) is 5.95 Å². The van der Waals surface area contributed by atoms with Crippen LogP contribution in [0.5, 0.6) is 0 Å². The minimum atomic E-state index is -4.54. The highest BCUT2D eigenvalue weighted by Gasteiger charge is 2.33. The molecule has 8 nitrogen and oxygen atoms in total. The van der Waals surface area contributed by atoms with E-state index in [-0.39, 0.29) is 35.6 Å². The first kappa shape index (κ1) is 21.1. The van der Waals surface area contributed by atoms with Crippen LogP contribution in [0.4, 0.5) is 35.4 Å². The monoisotopic (exact) mass is 442 g/mol. The smallest absolute Gasteiger partial charge is 0.383 e. The number of hydrogen-bond acceptors (Lipinski definition) is 5. The Morgan fingerprint density at radius 3 is 2.59 bits per heavy atom. The zero-order valence-corrected chi connectivity index (χ0v) is 16.4. The summed E-state index contributed by atoms with van der Waals surface area (Å²) in [5.74, 6) is -0.981. The van der Waals surface area contributed by atoms with Gasteiger partial charge in [0.25, 0.3) is 5.91 Å². The van der Waals surface area contributed by atoms with Crippen LogP contribution in [0, 0.1) is 0 Å². The molecule has 0 spiro atoms. The van der Waals surface area contributed by atoms with Crippen LogP contribution in [0.1, 0.15) is 27.5 Å². The van der Waals surface area contributed by atoms with Crippen molar-refractivity contribution in [1.29, 1.82) is 0 Å². The number of nitrogen functional groups attached to an aromatic ring is 1. The number of aromatic nitrogens is 2. The molecular weight excluding hydrogens is 425 g/mol. The first-order valence-corrected chi connectivity index (χ1v) is 9.46. The number of nitrogens with two attached hydrogens (primary N) is 1. The number of amides is 3. The molecule has 11 heteroatoms. The van der Waals surface area contributed by atoms with Crippen molar-refractivity contribution in [2.75, 3.05) is 22.5 Å². The fourth-order valence-electron chi connectivity index (χ4n) is 3.25. The van der Waals surface area contributed by atoms with Crippen LogP contribution >= 0.6 is 0 Å². The molecule has 1 unspecified atom stereocenters. The molecule has 164 valence electrons. The Bertz CT molecular complexity index is 1170. The Balaban J connectivity index is 1.50. The third kappa shape index (κ3) is 4.31. The van der Waals surface area contributed by atoms with E-state index < -0.39 is 23.7 Å². The normalized spacial score (nSPS) is 16.0. The van der Waals surface area contributed by atoms with Crippen LogP contribution in [0.2, 0.25) is 0 Å². The summed E-state index contributed by atoms with van der Waals surface area (Å²) in [6, 6.07) is 12.9. The minimum Gasteiger partial charge on any atom is -0.383 e. The Labute approximate surface area is 180 Å². The van der Waals surface area contributed by atoms with Gasteiger partial charge in [0, 0.05) is 11.9 Å². The van der Waals surface area contributed by atoms with Gasteiger partial charge in [-0.2, -0.15) is 18.2 Å². The molecule has 3 aromatic rings. The summed E-state index contributed by atoms with van der Waals surface area (Å²) in [7, 11) is 0. The second-order valence-electron chi connectivity index (χ2n) is 7.02. The standard InChI is InChI=1S/C21H17F3N6O2/c22-21(23,24)13-7-4-8-14(9-13)27-18(31)15-10-26-19(29-17(15)25)30-11-16(28-20(30)32)12-5-2-1-3-6-12/h1-10,16H,11H2,(H,27,31)(H,28,32)(H2,25,26,29). The molecule has 1 saturated heterocycles. The maximum atomic E-state index is 12.9. The molecule has 0 saturated carbocycles. The van der Waals surface area contributed by atoms with Gasteiger partial charge in [-0.05, 0) is 23.8 Å². The average Bonchev–Trinajstić information content (AvgIpc) is 3.15. The highest BCUT2D eigenvalue weighted by Crippen LogP contribution is 2.31. The first-order valence-electron chi connectivity index (χ1n) is 9.46. The predicted molar refractivity (Wildman–Crippen MR) is 111 cm³/mol. The number of halogens is 3. The number of alkyl halides is 3. The van der Waals surface area contributed by atoms with Crippen LogP contribution in [0.3, 0.4) is 0 Å². The summed E-state index contributed by atoms with van der Waals surface area (Å²) >= 11 is 0. The van der Waals surface area contributed by atoms with Crippen molar-refractivity contribution in [2.24, 2.45) is 0 Å². The molecule has 4 rings (SSSR count). The first-order chi connectivity index (χ1) is 15.2. The van der Waals surface area contributed by atoms with E-state index >= 15 is 0 Å². The Kier molecular flexibility index (Phi) is 5.39. The van der Waals surface area contributed by atoms with Gasteiger partial charge in [0.05, 0.1) is 18.2 Å². The highest BCUT2D eigenvalue weighted by atomic mass is 19.4. The van der Waals surface area contributed by atoms with E-state index in [2.05, 4.69) is 20.6 Å². The summed E-state index contributed by atoms with van der Waals surface area (Å²) in [5.41, 5.74) is 5.70. The molecule has 1 atom stereocenters. The molecule has 1 fully saturated rings. The summed E-state index contributed by atoms with van der Waals surface area (Å²) in [5, 5.41) is 5.17. The van der Waals surface area contributed by atoms with E-state index in [0.29, 0.717) is 0 Å². The van der Waals surface area contributed by atoms with Gasteiger partial charge in [-0.15, -0.1) is 0 Å². The summed E-state index contributed by atoms with van der Waals surface area (Å²) < 4.78 is 38.6. The fourth-order valence-corrected chi connectivity index (χ4v) is 3.25. The van der Waals surface area contributed by atoms with Crippen LogP contribution in [-0.2, 0) is 6.18 Å². The van der Waals surface area contributed by atoms with Gasteiger partial charge >= 0.3 is 12.2 Å². The van der Waals surface area contributed by atoms with Crippen LogP contribution < -0.4 is 21.3 Å². The molecule has 1 aliphatic heterocycles. The van der Waals surface area contributed by atoms with Gasteiger partial charge < -0.3 is 16.4 Å². The van der Waals surface area contributed by atoms with Crippen molar-refractivity contribution in [2.45, 2.75) is 12.2 Å². The Morgan fingerprint density at radius 1 is 1.16 bits per heavy atom. The van der Waals surface area contributed by atoms with Gasteiger partial charge in [0.1, 0.15) is 11.4 Å².